The van der Waals surface area contributed by atoms with E-state index < -0.39 is 0 Å². The Balaban J connectivity index is 2.31. The molecule has 0 aliphatic heterocycles. The summed E-state index contributed by atoms with van der Waals surface area (Å²) in [6.07, 6.45) is 0.925. The molecule has 2 aromatic rings. The van der Waals surface area contributed by atoms with Gasteiger partial charge in [0.05, 0.1) is 0 Å². The van der Waals surface area contributed by atoms with Crippen LogP contribution in [0.5, 0.6) is 0 Å². The summed E-state index contributed by atoms with van der Waals surface area (Å²) in [4.78, 5) is 0. The number of nitrogens with two attached hydrogens (primary N) is 1. The number of aryl methyl sites for hydroxylation is 1. The molecule has 0 unspecified atom stereocenters. The number of anilines is 3. The number of hydrogen-bond acceptors (Lipinski definition) is 2. The lowest BCUT2D eigenvalue weighted by Gasteiger charge is -2.11. The van der Waals surface area contributed by atoms with Crippen molar-refractivity contribution in [3.63, 3.8) is 0 Å². The minimum Gasteiger partial charge on any atom is -0.399 e. The number of nitrogen functional groups attached to an aromatic ring is 1. The number of hydrogen-bond donors (Lipinski definition) is 2. The van der Waals surface area contributed by atoms with Gasteiger partial charge in [0.2, 0.25) is 0 Å². The fraction of sp³-hybridized carbons (Fsp3) is 0.143. The van der Waals surface area contributed by atoms with Crippen LogP contribution in [0.2, 0.25) is 0 Å². The van der Waals surface area contributed by atoms with Crippen molar-refractivity contribution in [2.75, 3.05) is 11.1 Å². The lowest BCUT2D eigenvalue weighted by molar-refractivity contribution is 0.629. The topological polar surface area (TPSA) is 38.0 Å². The highest BCUT2D eigenvalue weighted by Gasteiger charge is 2.02. The molecule has 2 nitrogen and oxygen atoms in total. The molecule has 0 aliphatic rings. The van der Waals surface area contributed by atoms with Crippen LogP contribution in [0.3, 0.4) is 0 Å². The third kappa shape index (κ3) is 2.75. The van der Waals surface area contributed by atoms with Crippen LogP contribution in [0.1, 0.15) is 12.5 Å². The normalized spacial score (nSPS) is 10.2. The summed E-state index contributed by atoms with van der Waals surface area (Å²) in [6, 6.07) is 12.4. The molecule has 0 amide bonds. The number of benzene rings is 2. The predicted octanol–water partition coefficient (Wildman–Crippen LogP) is 3.71. The van der Waals surface area contributed by atoms with Crippen LogP contribution < -0.4 is 11.1 Å². The molecule has 0 bridgehead atoms. The van der Waals surface area contributed by atoms with Gasteiger partial charge in [-0.15, -0.1) is 0 Å². The first-order valence-electron chi connectivity index (χ1n) is 5.60. The van der Waals surface area contributed by atoms with Gasteiger partial charge >= 0.3 is 0 Å². The molecule has 0 saturated heterocycles. The zero-order valence-corrected chi connectivity index (χ0v) is 9.70. The van der Waals surface area contributed by atoms with E-state index in [0.29, 0.717) is 11.4 Å². The van der Waals surface area contributed by atoms with Crippen molar-refractivity contribution in [2.45, 2.75) is 13.3 Å². The van der Waals surface area contributed by atoms with Crippen LogP contribution in [0.25, 0.3) is 0 Å². The Morgan fingerprint density at radius 3 is 2.65 bits per heavy atom. The van der Waals surface area contributed by atoms with Gasteiger partial charge in [-0.05, 0) is 36.2 Å². The monoisotopic (exact) mass is 230 g/mol. The molecule has 0 radical (unpaired) electrons. The van der Waals surface area contributed by atoms with Gasteiger partial charge in [-0.2, -0.15) is 0 Å². The van der Waals surface area contributed by atoms with Crippen molar-refractivity contribution in [3.05, 3.63) is 53.8 Å². The molecule has 17 heavy (non-hydrogen) atoms. The van der Waals surface area contributed by atoms with Gasteiger partial charge in [-0.3, -0.25) is 0 Å². The molecule has 0 aliphatic carbocycles. The first-order valence-corrected chi connectivity index (χ1v) is 5.60. The smallest absolute Gasteiger partial charge is 0.127 e. The average molecular weight is 230 g/mol. The van der Waals surface area contributed by atoms with Gasteiger partial charge in [0.1, 0.15) is 5.82 Å². The fourth-order valence-corrected chi connectivity index (χ4v) is 1.79. The maximum absolute atomic E-state index is 13.2. The maximum Gasteiger partial charge on any atom is 0.127 e. The summed E-state index contributed by atoms with van der Waals surface area (Å²) in [5, 5.41) is 3.19. The summed E-state index contributed by atoms with van der Waals surface area (Å²) in [7, 11) is 0. The molecule has 3 N–H and O–H groups in total. The first kappa shape index (κ1) is 11.5. The highest BCUT2D eigenvalue weighted by atomic mass is 19.1. The van der Waals surface area contributed by atoms with Crippen molar-refractivity contribution >= 4 is 17.1 Å². The molecule has 0 fully saturated rings. The summed E-state index contributed by atoms with van der Waals surface area (Å²) in [5.41, 5.74) is 8.87. The summed E-state index contributed by atoms with van der Waals surface area (Å²) >= 11 is 0. The second-order valence-corrected chi connectivity index (χ2v) is 3.91. The number of rotatable bonds is 3. The van der Waals surface area contributed by atoms with Crippen molar-refractivity contribution in [2.24, 2.45) is 0 Å². The SMILES string of the molecule is CCc1ccccc1Nc1cc(N)cc(F)c1. The van der Waals surface area contributed by atoms with E-state index in [1.54, 1.807) is 6.07 Å². The molecule has 0 spiro atoms. The highest BCUT2D eigenvalue weighted by Crippen LogP contribution is 2.23. The molecule has 0 aromatic heterocycles. The molecular weight excluding hydrogens is 215 g/mol. The zero-order chi connectivity index (χ0) is 12.3. The predicted molar refractivity (Wildman–Crippen MR) is 69.9 cm³/mol. The van der Waals surface area contributed by atoms with Gasteiger partial charge in [0.15, 0.2) is 0 Å². The van der Waals surface area contributed by atoms with Gasteiger partial charge in [-0.25, -0.2) is 4.39 Å². The van der Waals surface area contributed by atoms with E-state index in [0.717, 1.165) is 12.1 Å². The molecule has 0 atom stereocenters. The largest absolute Gasteiger partial charge is 0.399 e. The maximum atomic E-state index is 13.2. The fourth-order valence-electron chi connectivity index (χ4n) is 1.79. The lowest BCUT2D eigenvalue weighted by atomic mass is 10.1. The van der Waals surface area contributed by atoms with Crippen LogP contribution in [0.15, 0.2) is 42.5 Å². The summed E-state index contributed by atoms with van der Waals surface area (Å²) < 4.78 is 13.2. The highest BCUT2D eigenvalue weighted by molar-refractivity contribution is 5.66. The number of nitrogens with one attached hydrogen (secondary N) is 1. The van der Waals surface area contributed by atoms with E-state index in [2.05, 4.69) is 12.2 Å². The van der Waals surface area contributed by atoms with Gasteiger partial charge < -0.3 is 11.1 Å². The molecule has 88 valence electrons. The van der Waals surface area contributed by atoms with Crippen LogP contribution in [0, 0.1) is 5.82 Å². The van der Waals surface area contributed by atoms with E-state index in [1.165, 1.54) is 17.7 Å². The van der Waals surface area contributed by atoms with E-state index in [4.69, 9.17) is 5.73 Å². The van der Waals surface area contributed by atoms with E-state index in [1.807, 2.05) is 24.3 Å². The van der Waals surface area contributed by atoms with Crippen LogP contribution in [-0.2, 0) is 6.42 Å². The van der Waals surface area contributed by atoms with Gasteiger partial charge in [0, 0.05) is 17.1 Å². The summed E-state index contributed by atoms with van der Waals surface area (Å²) in [5.74, 6) is -0.332. The molecule has 2 rings (SSSR count). The molecular formula is C14H15FN2. The standard InChI is InChI=1S/C14H15FN2/c1-2-10-5-3-4-6-14(10)17-13-8-11(15)7-12(16)9-13/h3-9,17H,2,16H2,1H3. The first-order chi connectivity index (χ1) is 8.19. The third-order valence-electron chi connectivity index (χ3n) is 2.60. The van der Waals surface area contributed by atoms with Crippen molar-refractivity contribution < 1.29 is 4.39 Å². The van der Waals surface area contributed by atoms with E-state index in [9.17, 15) is 4.39 Å². The number of halogens is 1. The Kier molecular flexibility index (Phi) is 3.28. The Morgan fingerprint density at radius 1 is 1.18 bits per heavy atom. The average Bonchev–Trinajstić information content (AvgIpc) is 2.28. The Morgan fingerprint density at radius 2 is 1.94 bits per heavy atom. The lowest BCUT2D eigenvalue weighted by Crippen LogP contribution is -1.97. The molecule has 2 aromatic carbocycles. The van der Waals surface area contributed by atoms with Crippen molar-refractivity contribution in [3.8, 4) is 0 Å². The molecule has 0 heterocycles. The third-order valence-corrected chi connectivity index (χ3v) is 2.60. The number of para-hydroxylation sites is 1. The van der Waals surface area contributed by atoms with Gasteiger partial charge in [-0.1, -0.05) is 25.1 Å². The Labute approximate surface area is 100 Å². The Hall–Kier alpha value is -2.03. The van der Waals surface area contributed by atoms with Gasteiger partial charge in [0.25, 0.3) is 0 Å². The van der Waals surface area contributed by atoms with Crippen molar-refractivity contribution in [1.29, 1.82) is 0 Å². The van der Waals surface area contributed by atoms with Crippen LogP contribution >= 0.6 is 0 Å². The van der Waals surface area contributed by atoms with Crippen LogP contribution in [0.4, 0.5) is 21.5 Å². The molecule has 0 saturated carbocycles. The minimum absolute atomic E-state index is 0.332. The second-order valence-electron chi connectivity index (χ2n) is 3.91. The minimum atomic E-state index is -0.332. The van der Waals surface area contributed by atoms with Crippen LogP contribution in [-0.4, -0.2) is 0 Å². The quantitative estimate of drug-likeness (QED) is 0.789. The van der Waals surface area contributed by atoms with E-state index >= 15 is 0 Å². The van der Waals surface area contributed by atoms with Crippen molar-refractivity contribution in [1.82, 2.24) is 0 Å². The van der Waals surface area contributed by atoms with E-state index in [-0.39, 0.29) is 5.82 Å². The molecule has 3 heteroatoms. The zero-order valence-electron chi connectivity index (χ0n) is 9.70. The summed E-state index contributed by atoms with van der Waals surface area (Å²) in [6.45, 7) is 2.08. The Bertz CT molecular complexity index is 503. The second kappa shape index (κ2) is 4.87.